The fourth-order valence-corrected chi connectivity index (χ4v) is 3.76. The Hall–Kier alpha value is -2.16. The van der Waals surface area contributed by atoms with Crippen LogP contribution < -0.4 is 9.61 Å². The Bertz CT molecular complexity index is 1030. The van der Waals surface area contributed by atoms with E-state index in [0.29, 0.717) is 38.3 Å². The number of aliphatic carboxylic acids is 1. The molecule has 0 aliphatic rings. The van der Waals surface area contributed by atoms with Gasteiger partial charge in [0.25, 0.3) is 0 Å². The van der Waals surface area contributed by atoms with Gasteiger partial charge < -0.3 is 9.84 Å². The molecule has 0 fully saturated rings. The van der Waals surface area contributed by atoms with Gasteiger partial charge in [-0.05, 0) is 12.5 Å². The molecule has 0 amide bonds. The molecule has 3 aromatic rings. The average molecular weight is 428 g/mol. The number of rotatable bonds is 7. The quantitative estimate of drug-likeness (QED) is 0.607. The highest BCUT2D eigenvalue weighted by molar-refractivity contribution is 7.16. The molecule has 0 bridgehead atoms. The van der Waals surface area contributed by atoms with Crippen LogP contribution in [0.2, 0.25) is 10.0 Å². The minimum atomic E-state index is -0.971. The molecular weight excluding hydrogens is 413 g/mol. The summed E-state index contributed by atoms with van der Waals surface area (Å²) in [6, 6.07) is 3.29. The van der Waals surface area contributed by atoms with Crippen molar-refractivity contribution in [3.63, 3.8) is 0 Å². The lowest BCUT2D eigenvalue weighted by atomic mass is 10.2. The predicted molar refractivity (Wildman–Crippen MR) is 104 cm³/mol. The minimum absolute atomic E-state index is 0.0842. The molecule has 0 aliphatic heterocycles. The summed E-state index contributed by atoms with van der Waals surface area (Å²) in [7, 11) is 0. The molecule has 1 N–H and O–H groups in total. The molecule has 0 unspecified atom stereocenters. The van der Waals surface area contributed by atoms with Gasteiger partial charge in [0.2, 0.25) is 0 Å². The van der Waals surface area contributed by atoms with E-state index < -0.39 is 12.1 Å². The molecule has 0 spiro atoms. The van der Waals surface area contributed by atoms with Crippen LogP contribution in [-0.4, -0.2) is 25.6 Å². The van der Waals surface area contributed by atoms with Crippen molar-refractivity contribution in [2.24, 2.45) is 0 Å². The summed E-state index contributed by atoms with van der Waals surface area (Å²) in [6.07, 6.45) is 3.02. The summed E-state index contributed by atoms with van der Waals surface area (Å²) in [4.78, 5) is 31.1. The normalized spacial score (nSPS) is 12.3. The van der Waals surface area contributed by atoms with E-state index in [-0.39, 0.29) is 17.8 Å². The minimum Gasteiger partial charge on any atom is -0.481 e. The average Bonchev–Trinajstić information content (AvgIpc) is 2.93. The van der Waals surface area contributed by atoms with Crippen LogP contribution in [0.4, 0.5) is 0 Å². The second-order valence-electron chi connectivity index (χ2n) is 5.69. The van der Waals surface area contributed by atoms with Crippen LogP contribution in [0.5, 0.6) is 5.75 Å². The Morgan fingerprint density at radius 2 is 2.04 bits per heavy atom. The third kappa shape index (κ3) is 4.40. The molecule has 27 heavy (non-hydrogen) atoms. The fourth-order valence-electron chi connectivity index (χ4n) is 2.53. The largest absolute Gasteiger partial charge is 0.481 e. The number of ether oxygens (including phenoxy) is 1. The lowest BCUT2D eigenvalue weighted by Crippen LogP contribution is -2.15. The highest BCUT2D eigenvalue weighted by atomic mass is 35.5. The van der Waals surface area contributed by atoms with Gasteiger partial charge in [0.15, 0.2) is 11.9 Å². The summed E-state index contributed by atoms with van der Waals surface area (Å²) < 4.78 is 8.05. The van der Waals surface area contributed by atoms with Crippen LogP contribution in [0.1, 0.15) is 31.7 Å². The van der Waals surface area contributed by atoms with Crippen LogP contribution in [0.3, 0.4) is 0 Å². The van der Waals surface area contributed by atoms with Crippen LogP contribution >= 0.6 is 34.5 Å². The zero-order chi connectivity index (χ0) is 19.6. The molecule has 1 atom stereocenters. The number of benzene rings is 1. The maximum atomic E-state index is 12.2. The zero-order valence-electron chi connectivity index (χ0n) is 14.2. The Labute approximate surface area is 168 Å². The number of hydrogen-bond acceptors (Lipinski definition) is 6. The van der Waals surface area contributed by atoms with Gasteiger partial charge in [-0.2, -0.15) is 0 Å². The number of nitrogens with zero attached hydrogens (tertiary/aromatic N) is 3. The topological polar surface area (TPSA) is 94.3 Å². The summed E-state index contributed by atoms with van der Waals surface area (Å²) in [6.45, 7) is 2.01. The molecule has 1 aromatic carbocycles. The third-order valence-electron chi connectivity index (χ3n) is 3.84. The van der Waals surface area contributed by atoms with Crippen molar-refractivity contribution in [3.05, 3.63) is 50.1 Å². The maximum absolute atomic E-state index is 12.2. The fraction of sp³-hybridized carbons (Fsp3) is 0.294. The Morgan fingerprint density at radius 3 is 2.67 bits per heavy atom. The van der Waals surface area contributed by atoms with E-state index in [1.165, 1.54) is 17.0 Å². The van der Waals surface area contributed by atoms with Crippen LogP contribution in [0.15, 0.2) is 29.3 Å². The van der Waals surface area contributed by atoms with E-state index in [9.17, 15) is 9.59 Å². The molecule has 3 rings (SSSR count). The first-order valence-electron chi connectivity index (χ1n) is 8.07. The predicted octanol–water partition coefficient (Wildman–Crippen LogP) is 4.16. The summed E-state index contributed by atoms with van der Waals surface area (Å²) >= 11 is 13.2. The number of hydrogen-bond donors (Lipinski definition) is 1. The second kappa shape index (κ2) is 8.24. The van der Waals surface area contributed by atoms with Crippen molar-refractivity contribution in [2.75, 3.05) is 0 Å². The van der Waals surface area contributed by atoms with Crippen molar-refractivity contribution >= 4 is 50.7 Å². The lowest BCUT2D eigenvalue weighted by Gasteiger charge is -2.17. The van der Waals surface area contributed by atoms with Crippen LogP contribution in [0, 0.1) is 0 Å². The molecule has 7 nitrogen and oxygen atoms in total. The number of carbonyl (C=O) groups is 1. The van der Waals surface area contributed by atoms with E-state index in [2.05, 4.69) is 9.97 Å². The van der Waals surface area contributed by atoms with Gasteiger partial charge in [-0.1, -0.05) is 41.5 Å². The lowest BCUT2D eigenvalue weighted by molar-refractivity contribution is -0.137. The van der Waals surface area contributed by atoms with Crippen molar-refractivity contribution in [3.8, 4) is 5.75 Å². The molecular formula is C17H15Cl2N3O4S. The molecule has 0 saturated heterocycles. The van der Waals surface area contributed by atoms with Gasteiger partial charge in [-0.15, -0.1) is 0 Å². The standard InChI is InChI=1S/C17H15Cl2N3O4S/c1-2-12(16-20-7-9(18)8-21-16)26-13-6-14-11(5-10(13)19)22(17(25)27-14)4-3-15(23)24/h5-8,12H,2-4H2,1H3,(H,23,24)/t12-/m0/s1. The first-order valence-corrected chi connectivity index (χ1v) is 9.65. The molecule has 0 aliphatic carbocycles. The molecule has 0 saturated carbocycles. The molecule has 10 heteroatoms. The molecule has 142 valence electrons. The van der Waals surface area contributed by atoms with Gasteiger partial charge >= 0.3 is 10.8 Å². The molecule has 2 heterocycles. The van der Waals surface area contributed by atoms with Crippen molar-refractivity contribution < 1.29 is 14.6 Å². The number of aryl methyl sites for hydroxylation is 1. The number of thiazole rings is 1. The van der Waals surface area contributed by atoms with E-state index >= 15 is 0 Å². The Morgan fingerprint density at radius 1 is 1.33 bits per heavy atom. The Kier molecular flexibility index (Phi) is 5.98. The van der Waals surface area contributed by atoms with E-state index in [1.54, 1.807) is 12.1 Å². The van der Waals surface area contributed by atoms with Crippen molar-refractivity contribution in [1.29, 1.82) is 0 Å². The summed E-state index contributed by atoms with van der Waals surface area (Å²) in [5.74, 6) is -0.0902. The van der Waals surface area contributed by atoms with Gasteiger partial charge in [-0.25, -0.2) is 9.97 Å². The number of carboxylic acids is 1. The van der Waals surface area contributed by atoms with Gasteiger partial charge in [0.1, 0.15) is 5.75 Å². The highest BCUT2D eigenvalue weighted by Crippen LogP contribution is 2.34. The molecule has 2 aromatic heterocycles. The second-order valence-corrected chi connectivity index (χ2v) is 7.52. The third-order valence-corrected chi connectivity index (χ3v) is 5.27. The smallest absolute Gasteiger partial charge is 0.308 e. The SMILES string of the molecule is CC[C@H](Oc1cc2sc(=O)n(CCC(=O)O)c2cc1Cl)c1ncc(Cl)cn1. The van der Waals surface area contributed by atoms with Crippen molar-refractivity contribution in [1.82, 2.24) is 14.5 Å². The number of fused-ring (bicyclic) bond motifs is 1. The number of carboxylic acid groups (broad SMARTS) is 1. The molecule has 0 radical (unpaired) electrons. The zero-order valence-corrected chi connectivity index (χ0v) is 16.5. The monoisotopic (exact) mass is 427 g/mol. The van der Waals surface area contributed by atoms with Crippen molar-refractivity contribution in [2.45, 2.75) is 32.4 Å². The Balaban J connectivity index is 1.93. The number of aromatic nitrogens is 3. The van der Waals surface area contributed by atoms with Gasteiger partial charge in [-0.3, -0.25) is 14.2 Å². The van der Waals surface area contributed by atoms with Crippen LogP contribution in [-0.2, 0) is 11.3 Å². The van der Waals surface area contributed by atoms with E-state index in [1.807, 2.05) is 6.92 Å². The summed E-state index contributed by atoms with van der Waals surface area (Å²) in [5.41, 5.74) is 0.583. The van der Waals surface area contributed by atoms with E-state index in [0.717, 1.165) is 11.3 Å². The summed E-state index contributed by atoms with van der Waals surface area (Å²) in [5, 5.41) is 9.59. The van der Waals surface area contributed by atoms with Crippen LogP contribution in [0.25, 0.3) is 10.2 Å². The van der Waals surface area contributed by atoms with E-state index in [4.69, 9.17) is 33.0 Å². The first-order chi connectivity index (χ1) is 12.9. The van der Waals surface area contributed by atoms with Gasteiger partial charge in [0.05, 0.1) is 26.7 Å². The maximum Gasteiger partial charge on any atom is 0.308 e. The number of halogens is 2. The first kappa shape index (κ1) is 19.6. The van der Waals surface area contributed by atoms with Gasteiger partial charge in [0, 0.05) is 25.0 Å². The highest BCUT2D eigenvalue weighted by Gasteiger charge is 2.18.